The van der Waals surface area contributed by atoms with Crippen molar-refractivity contribution >= 4 is 169 Å². The van der Waals surface area contributed by atoms with Gasteiger partial charge in [0.2, 0.25) is 0 Å². The van der Waals surface area contributed by atoms with Crippen LogP contribution in [0.25, 0.3) is 258 Å². The number of benzene rings is 22. The van der Waals surface area contributed by atoms with Crippen LogP contribution in [-0.4, -0.2) is 4.57 Å². The summed E-state index contributed by atoms with van der Waals surface area (Å²) in [5.74, 6) is 0. The smallest absolute Gasteiger partial charge is 0.143 e. The Hall–Kier alpha value is -16.6. The molecule has 0 bridgehead atoms. The van der Waals surface area contributed by atoms with Crippen molar-refractivity contribution in [1.29, 1.82) is 0 Å². The Bertz CT molecular complexity index is 8880. The Kier molecular flexibility index (Phi) is 18.6. The first kappa shape index (κ1) is 77.7. The topological polar surface area (TPSA) is 57.5 Å². The maximum absolute atomic E-state index is 6.57. The molecule has 0 saturated heterocycles. The van der Waals surface area contributed by atoms with E-state index in [1.165, 1.54) is 132 Å². The van der Waals surface area contributed by atoms with Gasteiger partial charge in [0.25, 0.3) is 0 Å². The van der Waals surface area contributed by atoms with E-state index in [-0.39, 0.29) is 7.43 Å². The zero-order valence-electron chi connectivity index (χ0n) is 70.9. The molecule has 0 N–H and O–H groups in total. The predicted molar refractivity (Wildman–Crippen MR) is 559 cm³/mol. The minimum absolute atomic E-state index is 0. The Morgan fingerprint density at radius 1 is 0.182 bits per heavy atom. The molecule has 0 amide bonds. The number of halogens is 1. The van der Waals surface area contributed by atoms with Crippen LogP contribution >= 0.6 is 15.9 Å². The molecule has 0 fully saturated rings. The largest absolute Gasteiger partial charge is 0.455 e. The van der Waals surface area contributed by atoms with Crippen LogP contribution in [0.1, 0.15) is 18.6 Å². The molecule has 5 nitrogen and oxygen atoms in total. The van der Waals surface area contributed by atoms with Gasteiger partial charge in [-0.15, -0.1) is 0 Å². The van der Waals surface area contributed by atoms with Gasteiger partial charge in [0.05, 0.1) is 11.0 Å². The van der Waals surface area contributed by atoms with Gasteiger partial charge in [0.1, 0.15) is 44.7 Å². The molecule has 5 heterocycles. The number of furan rings is 4. The Labute approximate surface area is 769 Å². The monoisotopic (exact) mass is 1750 g/mol. The number of hydrogen-bond acceptors (Lipinski definition) is 4. The maximum Gasteiger partial charge on any atom is 0.143 e. The molecule has 1 aliphatic carbocycles. The zero-order valence-corrected chi connectivity index (χ0v) is 72.5. The first-order chi connectivity index (χ1) is 64.9. The first-order valence-corrected chi connectivity index (χ1v) is 45.5. The van der Waals surface area contributed by atoms with E-state index >= 15 is 0 Å². The fraction of sp³-hybridized carbons (Fsp3) is 0.0159. The van der Waals surface area contributed by atoms with Gasteiger partial charge in [0.15, 0.2) is 0 Å². The number of para-hydroxylation sites is 8. The predicted octanol–water partition coefficient (Wildman–Crippen LogP) is 36.7. The van der Waals surface area contributed by atoms with E-state index in [9.17, 15) is 0 Å². The summed E-state index contributed by atoms with van der Waals surface area (Å²) in [5, 5.41) is 21.6. The maximum atomic E-state index is 6.57. The molecule has 28 rings (SSSR count). The number of rotatable bonds is 9. The number of aromatic nitrogens is 1. The average Bonchev–Trinajstić information content (AvgIpc) is 1.01. The van der Waals surface area contributed by atoms with Crippen LogP contribution in [0.4, 0.5) is 0 Å². The molecule has 0 radical (unpaired) electrons. The number of fused-ring (bicyclic) bond motifs is 22. The zero-order chi connectivity index (χ0) is 86.3. The van der Waals surface area contributed by atoms with Crippen molar-refractivity contribution < 1.29 is 17.7 Å². The van der Waals surface area contributed by atoms with E-state index in [0.717, 1.165) is 149 Å². The standard InChI is InChI=1S/C62H37NO2.C37H22O2.C26H17Br.CH4/c1-2-14-38(15-3-1)59-47-18-4-6-20-49(47)60(50-21-7-5-19-48(50)59)39-28-32-42(33-29-39)63-55-34-30-40(43-22-12-24-51-45-16-8-10-26-57(45)64-61(43)51)36-53(55)54-37-41(31-35-56(54)63)44-23-13-25-52-46-17-9-11-27-58(46)65-62(44)52;1-3-13-34-28(7-1)30-11-5-9-26(36(30)38-34)24-17-15-22-19-23-16-18-25(21-33(23)32(22)20-24)27-10-6-12-31-29-8-2-4-14-35(29)39-37(27)31;27-20-16-14-19(15-17-20)26-23-12-6-4-10-21(23)25(18-8-2-1-3-9-18)22-11-5-7-13-24(22)26;/h1-37H;1-18,20-21H,19H2;1-17H;1H4. The Balaban J connectivity index is 0.000000118. The lowest BCUT2D eigenvalue weighted by atomic mass is 9.86. The highest BCUT2D eigenvalue weighted by atomic mass is 79.9. The highest BCUT2D eigenvalue weighted by Crippen LogP contribution is 2.51. The molecule has 0 saturated carbocycles. The van der Waals surface area contributed by atoms with Gasteiger partial charge >= 0.3 is 0 Å². The van der Waals surface area contributed by atoms with E-state index in [1.54, 1.807) is 0 Å². The highest BCUT2D eigenvalue weighted by molar-refractivity contribution is 9.10. The molecule has 27 aromatic rings. The number of nitrogens with zero attached hydrogens (tertiary/aromatic N) is 1. The molecule has 0 unspecified atom stereocenters. The summed E-state index contributed by atoms with van der Waals surface area (Å²) in [7, 11) is 0. The lowest BCUT2D eigenvalue weighted by molar-refractivity contribution is 0.669. The minimum Gasteiger partial charge on any atom is -0.455 e. The quantitative estimate of drug-likeness (QED) is 0.135. The lowest BCUT2D eigenvalue weighted by Gasteiger charge is -2.18. The van der Waals surface area contributed by atoms with Crippen molar-refractivity contribution in [1.82, 2.24) is 4.57 Å². The third-order valence-corrected chi connectivity index (χ3v) is 27.6. The summed E-state index contributed by atoms with van der Waals surface area (Å²) >= 11 is 3.56. The van der Waals surface area contributed by atoms with E-state index in [1.807, 2.05) is 36.4 Å². The lowest BCUT2D eigenvalue weighted by Crippen LogP contribution is -1.95. The summed E-state index contributed by atoms with van der Waals surface area (Å²) in [5.41, 5.74) is 35.1. The first-order valence-electron chi connectivity index (χ1n) is 44.7. The van der Waals surface area contributed by atoms with E-state index < -0.39 is 0 Å². The van der Waals surface area contributed by atoms with Crippen LogP contribution in [0, 0.1) is 0 Å². The van der Waals surface area contributed by atoms with Crippen LogP contribution in [0.15, 0.2) is 471 Å². The van der Waals surface area contributed by atoms with E-state index in [0.29, 0.717) is 0 Å². The van der Waals surface area contributed by atoms with E-state index in [2.05, 4.69) is 433 Å². The normalized spacial score (nSPS) is 11.9. The van der Waals surface area contributed by atoms with Crippen molar-refractivity contribution in [3.63, 3.8) is 0 Å². The van der Waals surface area contributed by atoms with Gasteiger partial charge < -0.3 is 22.2 Å². The van der Waals surface area contributed by atoms with Gasteiger partial charge in [-0.25, -0.2) is 0 Å². The van der Waals surface area contributed by atoms with Crippen molar-refractivity contribution in [2.75, 3.05) is 0 Å². The molecular formula is C126H80BrNO4. The molecular weight excluding hydrogens is 1670 g/mol. The van der Waals surface area contributed by atoms with Gasteiger partial charge in [-0.3, -0.25) is 0 Å². The molecule has 0 aliphatic heterocycles. The second-order valence-electron chi connectivity index (χ2n) is 34.3. The summed E-state index contributed by atoms with van der Waals surface area (Å²) in [4.78, 5) is 0. The molecule has 5 aromatic heterocycles. The van der Waals surface area contributed by atoms with Crippen LogP contribution in [0.2, 0.25) is 0 Å². The summed E-state index contributed by atoms with van der Waals surface area (Å²) in [6, 6.07) is 161. The van der Waals surface area contributed by atoms with Crippen LogP contribution in [0.3, 0.4) is 0 Å². The van der Waals surface area contributed by atoms with Crippen molar-refractivity contribution in [2.45, 2.75) is 13.8 Å². The summed E-state index contributed by atoms with van der Waals surface area (Å²) in [6.45, 7) is 0. The van der Waals surface area contributed by atoms with Crippen LogP contribution in [0.5, 0.6) is 0 Å². The van der Waals surface area contributed by atoms with E-state index in [4.69, 9.17) is 17.7 Å². The molecule has 0 atom stereocenters. The Morgan fingerprint density at radius 2 is 0.424 bits per heavy atom. The van der Waals surface area contributed by atoms with Crippen molar-refractivity contribution in [2.24, 2.45) is 0 Å². The Morgan fingerprint density at radius 3 is 0.735 bits per heavy atom. The average molecular weight is 1750 g/mol. The van der Waals surface area contributed by atoms with Crippen LogP contribution < -0.4 is 0 Å². The van der Waals surface area contributed by atoms with Gasteiger partial charge in [0, 0.05) is 86.3 Å². The van der Waals surface area contributed by atoms with Crippen LogP contribution in [-0.2, 0) is 6.42 Å². The third-order valence-electron chi connectivity index (χ3n) is 27.1. The summed E-state index contributed by atoms with van der Waals surface area (Å²) in [6.07, 6.45) is 0.953. The summed E-state index contributed by atoms with van der Waals surface area (Å²) < 4.78 is 29.4. The number of hydrogen-bond donors (Lipinski definition) is 0. The van der Waals surface area contributed by atoms with Gasteiger partial charge in [-0.2, -0.15) is 0 Å². The second kappa shape index (κ2) is 31.7. The fourth-order valence-corrected chi connectivity index (χ4v) is 21.4. The molecule has 1 aliphatic rings. The van der Waals surface area contributed by atoms with Crippen molar-refractivity contribution in [3.8, 4) is 106 Å². The highest BCUT2D eigenvalue weighted by Gasteiger charge is 2.27. The molecule has 620 valence electrons. The van der Waals surface area contributed by atoms with Gasteiger partial charge in [-0.05, 0) is 223 Å². The third kappa shape index (κ3) is 12.7. The second-order valence-corrected chi connectivity index (χ2v) is 35.2. The van der Waals surface area contributed by atoms with Gasteiger partial charge in [-0.1, -0.05) is 387 Å². The molecule has 0 spiro atoms. The van der Waals surface area contributed by atoms with Crippen molar-refractivity contribution in [3.05, 3.63) is 465 Å². The molecule has 132 heavy (non-hydrogen) atoms. The molecule has 6 heteroatoms. The minimum atomic E-state index is 0. The molecule has 22 aromatic carbocycles. The SMILES string of the molecule is Brc1ccc(-c2c3ccccc3c(-c3ccccc3)c3ccccc23)cc1.C.c1ccc(-c2c3ccccc3c(-c3ccc(-n4c5ccc(-c6cccc7c6oc6ccccc67)cc5c5cc(-c6cccc7c6oc6ccccc67)ccc54)cc3)c3ccccc23)cc1.c1ccc2c(c1)oc1c(-c3ccc4c(c3)-c3cc(-c5cccc6c5oc5ccccc56)ccc3C4)cccc12. The fourth-order valence-electron chi connectivity index (χ4n) is 21.1.